The molecule has 1 aliphatic heterocycles. The lowest BCUT2D eigenvalue weighted by Gasteiger charge is -2.18. The molecule has 3 rings (SSSR count). The van der Waals surface area contributed by atoms with Gasteiger partial charge in [0.2, 0.25) is 5.91 Å². The number of amides is 1. The quantitative estimate of drug-likeness (QED) is 0.890. The highest BCUT2D eigenvalue weighted by atomic mass is 16.5. The van der Waals surface area contributed by atoms with E-state index in [2.05, 4.69) is 16.5 Å². The molecule has 1 aromatic carbocycles. The number of nitrogens with zero attached hydrogens (tertiary/aromatic N) is 2. The fourth-order valence-corrected chi connectivity index (χ4v) is 2.65. The predicted molar refractivity (Wildman–Crippen MR) is 83.6 cm³/mol. The first-order valence-electron chi connectivity index (χ1n) is 7.80. The molecule has 1 amide bonds. The van der Waals surface area contributed by atoms with Gasteiger partial charge < -0.3 is 10.1 Å². The molecule has 0 spiro atoms. The maximum Gasteiger partial charge on any atom is 0.220 e. The van der Waals surface area contributed by atoms with Crippen LogP contribution < -0.4 is 10.1 Å². The topological polar surface area (TPSA) is 56.2 Å². The van der Waals surface area contributed by atoms with Crippen LogP contribution in [-0.4, -0.2) is 22.3 Å². The van der Waals surface area contributed by atoms with E-state index in [1.54, 1.807) is 6.20 Å². The van der Waals surface area contributed by atoms with E-state index in [9.17, 15) is 4.79 Å². The van der Waals surface area contributed by atoms with Gasteiger partial charge in [-0.3, -0.25) is 9.48 Å². The SMILES string of the molecule is O=C(CCCn1cccn1)NCc1ccc2c(c1)CCCO2. The standard InChI is InChI=1S/C17H21N3O2/c21-17(5-1-9-20-10-3-8-19-20)18-13-14-6-7-16-15(12-14)4-2-11-22-16/h3,6-8,10,12H,1-2,4-5,9,11,13H2,(H,18,21). The van der Waals surface area contributed by atoms with Gasteiger partial charge in [-0.15, -0.1) is 0 Å². The monoisotopic (exact) mass is 299 g/mol. The van der Waals surface area contributed by atoms with Gasteiger partial charge in [-0.1, -0.05) is 12.1 Å². The van der Waals surface area contributed by atoms with Gasteiger partial charge in [-0.05, 0) is 42.5 Å². The molecule has 116 valence electrons. The van der Waals surface area contributed by atoms with Crippen LogP contribution in [0.4, 0.5) is 0 Å². The van der Waals surface area contributed by atoms with Crippen molar-refractivity contribution in [3.63, 3.8) is 0 Å². The Labute approximate surface area is 130 Å². The molecule has 0 bridgehead atoms. The zero-order chi connectivity index (χ0) is 15.2. The summed E-state index contributed by atoms with van der Waals surface area (Å²) in [6.07, 6.45) is 7.10. The van der Waals surface area contributed by atoms with Crippen molar-refractivity contribution in [2.24, 2.45) is 0 Å². The summed E-state index contributed by atoms with van der Waals surface area (Å²) in [4.78, 5) is 11.9. The highest BCUT2D eigenvalue weighted by Crippen LogP contribution is 2.25. The number of ether oxygens (including phenoxy) is 1. The second-order valence-corrected chi connectivity index (χ2v) is 5.54. The molecule has 0 atom stereocenters. The third-order valence-electron chi connectivity index (χ3n) is 3.81. The minimum Gasteiger partial charge on any atom is -0.493 e. The van der Waals surface area contributed by atoms with E-state index in [-0.39, 0.29) is 5.91 Å². The van der Waals surface area contributed by atoms with E-state index in [0.717, 1.165) is 43.7 Å². The van der Waals surface area contributed by atoms with Gasteiger partial charge in [0.25, 0.3) is 0 Å². The summed E-state index contributed by atoms with van der Waals surface area (Å²) in [6, 6.07) is 8.06. The predicted octanol–water partition coefficient (Wildman–Crippen LogP) is 2.30. The van der Waals surface area contributed by atoms with Gasteiger partial charge >= 0.3 is 0 Å². The number of nitrogens with one attached hydrogen (secondary N) is 1. The first kappa shape index (κ1) is 14.6. The normalized spacial score (nSPS) is 13.3. The number of carbonyl (C=O) groups is 1. The molecule has 0 aliphatic carbocycles. The van der Waals surface area contributed by atoms with Crippen LogP contribution in [0.3, 0.4) is 0 Å². The summed E-state index contributed by atoms with van der Waals surface area (Å²) in [5, 5.41) is 7.10. The van der Waals surface area contributed by atoms with Crippen molar-refractivity contribution in [1.29, 1.82) is 0 Å². The van der Waals surface area contributed by atoms with E-state index < -0.39 is 0 Å². The summed E-state index contributed by atoms with van der Waals surface area (Å²) in [7, 11) is 0. The molecular weight excluding hydrogens is 278 g/mol. The van der Waals surface area contributed by atoms with E-state index >= 15 is 0 Å². The Hall–Kier alpha value is -2.30. The van der Waals surface area contributed by atoms with Gasteiger partial charge in [-0.2, -0.15) is 5.10 Å². The Bertz CT molecular complexity index is 623. The first-order valence-corrected chi connectivity index (χ1v) is 7.80. The molecule has 0 saturated carbocycles. The van der Waals surface area contributed by atoms with Crippen LogP contribution in [0.2, 0.25) is 0 Å². The molecule has 1 N–H and O–H groups in total. The number of aromatic nitrogens is 2. The van der Waals surface area contributed by atoms with Crippen molar-refractivity contribution < 1.29 is 9.53 Å². The van der Waals surface area contributed by atoms with Crippen LogP contribution in [0.15, 0.2) is 36.7 Å². The summed E-state index contributed by atoms with van der Waals surface area (Å²) in [6.45, 7) is 2.16. The molecule has 2 aromatic rings. The van der Waals surface area contributed by atoms with Crippen molar-refractivity contribution in [2.75, 3.05) is 6.61 Å². The summed E-state index contributed by atoms with van der Waals surface area (Å²) < 4.78 is 7.44. The Balaban J connectivity index is 1.42. The maximum atomic E-state index is 11.9. The molecule has 0 unspecified atom stereocenters. The smallest absolute Gasteiger partial charge is 0.220 e. The van der Waals surface area contributed by atoms with Gasteiger partial charge in [-0.25, -0.2) is 0 Å². The minimum absolute atomic E-state index is 0.0844. The van der Waals surface area contributed by atoms with Crippen molar-refractivity contribution in [3.8, 4) is 5.75 Å². The maximum absolute atomic E-state index is 11.9. The average molecular weight is 299 g/mol. The molecule has 0 radical (unpaired) electrons. The molecule has 0 saturated heterocycles. The molecule has 0 fully saturated rings. The summed E-state index contributed by atoms with van der Waals surface area (Å²) in [5.41, 5.74) is 2.38. The van der Waals surface area contributed by atoms with Crippen LogP contribution in [0.1, 0.15) is 30.4 Å². The third kappa shape index (κ3) is 3.87. The lowest BCUT2D eigenvalue weighted by molar-refractivity contribution is -0.121. The van der Waals surface area contributed by atoms with Gasteiger partial charge in [0, 0.05) is 31.9 Å². The lowest BCUT2D eigenvalue weighted by Crippen LogP contribution is -2.23. The van der Waals surface area contributed by atoms with Crippen molar-refractivity contribution >= 4 is 5.91 Å². The molecule has 5 heteroatoms. The average Bonchev–Trinajstić information content (AvgIpc) is 3.06. The number of carbonyl (C=O) groups excluding carboxylic acids is 1. The first-order chi connectivity index (χ1) is 10.8. The van der Waals surface area contributed by atoms with Gasteiger partial charge in [0.1, 0.15) is 5.75 Å². The number of hydrogen-bond acceptors (Lipinski definition) is 3. The van der Waals surface area contributed by atoms with Gasteiger partial charge in [0.15, 0.2) is 0 Å². The highest BCUT2D eigenvalue weighted by Gasteiger charge is 2.10. The number of aryl methyl sites for hydroxylation is 2. The third-order valence-corrected chi connectivity index (χ3v) is 3.81. The van der Waals surface area contributed by atoms with Crippen LogP contribution in [0.5, 0.6) is 5.75 Å². The summed E-state index contributed by atoms with van der Waals surface area (Å²) >= 11 is 0. The minimum atomic E-state index is 0.0844. The molecule has 22 heavy (non-hydrogen) atoms. The van der Waals surface area contributed by atoms with E-state index in [4.69, 9.17) is 4.74 Å². The molecule has 1 aromatic heterocycles. The Kier molecular flexibility index (Phi) is 4.73. The van der Waals surface area contributed by atoms with Crippen molar-refractivity contribution in [1.82, 2.24) is 15.1 Å². The zero-order valence-electron chi connectivity index (χ0n) is 12.6. The van der Waals surface area contributed by atoms with Crippen molar-refractivity contribution in [2.45, 2.75) is 38.8 Å². The van der Waals surface area contributed by atoms with E-state index in [0.29, 0.717) is 13.0 Å². The van der Waals surface area contributed by atoms with E-state index in [1.165, 1.54) is 5.56 Å². The van der Waals surface area contributed by atoms with Gasteiger partial charge in [0.05, 0.1) is 6.61 Å². The fraction of sp³-hybridized carbons (Fsp3) is 0.412. The number of hydrogen-bond donors (Lipinski definition) is 1. The molecule has 5 nitrogen and oxygen atoms in total. The Morgan fingerprint density at radius 1 is 1.41 bits per heavy atom. The fourth-order valence-electron chi connectivity index (χ4n) is 2.65. The number of rotatable bonds is 6. The molecule has 2 heterocycles. The molecular formula is C17H21N3O2. The number of fused-ring (bicyclic) bond motifs is 1. The summed E-state index contributed by atoms with van der Waals surface area (Å²) in [5.74, 6) is 1.07. The van der Waals surface area contributed by atoms with Crippen LogP contribution in [0.25, 0.3) is 0 Å². The Morgan fingerprint density at radius 2 is 2.36 bits per heavy atom. The van der Waals surface area contributed by atoms with Crippen LogP contribution in [0, 0.1) is 0 Å². The second-order valence-electron chi connectivity index (χ2n) is 5.54. The lowest BCUT2D eigenvalue weighted by atomic mass is 10.0. The van der Waals surface area contributed by atoms with Crippen molar-refractivity contribution in [3.05, 3.63) is 47.8 Å². The van der Waals surface area contributed by atoms with Crippen LogP contribution in [-0.2, 0) is 24.3 Å². The largest absolute Gasteiger partial charge is 0.493 e. The zero-order valence-corrected chi connectivity index (χ0v) is 12.6. The van der Waals surface area contributed by atoms with E-state index in [1.807, 2.05) is 29.1 Å². The number of benzene rings is 1. The highest BCUT2D eigenvalue weighted by molar-refractivity contribution is 5.75. The van der Waals surface area contributed by atoms with Crippen LogP contribution >= 0.6 is 0 Å². The Morgan fingerprint density at radius 3 is 3.23 bits per heavy atom. The second kappa shape index (κ2) is 7.11. The molecule has 1 aliphatic rings.